The van der Waals surface area contributed by atoms with Crippen LogP contribution in [0.1, 0.15) is 35.8 Å². The van der Waals surface area contributed by atoms with Gasteiger partial charge in [-0.15, -0.1) is 0 Å². The summed E-state index contributed by atoms with van der Waals surface area (Å²) in [5.41, 5.74) is 2.13. The van der Waals surface area contributed by atoms with Crippen LogP contribution in [0.25, 0.3) is 34.1 Å². The van der Waals surface area contributed by atoms with E-state index in [-0.39, 0.29) is 23.3 Å². The fourth-order valence-electron chi connectivity index (χ4n) is 4.43. The molecule has 0 unspecified atom stereocenters. The second-order valence-corrected chi connectivity index (χ2v) is 8.71. The van der Waals surface area contributed by atoms with Crippen LogP contribution < -0.4 is 15.6 Å². The number of imidazole rings is 1. The number of carbonyl (C=O) groups is 1. The molecule has 1 fully saturated rings. The first-order valence-corrected chi connectivity index (χ1v) is 11.7. The van der Waals surface area contributed by atoms with E-state index in [0.717, 1.165) is 35.9 Å². The van der Waals surface area contributed by atoms with E-state index in [0.29, 0.717) is 17.3 Å². The third-order valence-corrected chi connectivity index (χ3v) is 6.51. The number of hydrogen-bond acceptors (Lipinski definition) is 9. The SMILES string of the molecule is COc1c(C(=O)Nc2cnoc2)nc(-c2nc3ccc(-c4ncccn4)cc3n2C2CCC2)n(C)c1=O. The van der Waals surface area contributed by atoms with Crippen molar-refractivity contribution in [2.24, 2.45) is 7.05 Å². The Kier molecular flexibility index (Phi) is 5.48. The molecule has 0 radical (unpaired) electrons. The summed E-state index contributed by atoms with van der Waals surface area (Å²) < 4.78 is 13.5. The number of methoxy groups -OCH3 is 1. The Morgan fingerprint density at radius 2 is 1.97 bits per heavy atom. The van der Waals surface area contributed by atoms with Gasteiger partial charge in [-0.2, -0.15) is 0 Å². The monoisotopic (exact) mass is 498 g/mol. The molecule has 1 saturated carbocycles. The highest BCUT2D eigenvalue weighted by molar-refractivity contribution is 6.04. The number of anilines is 1. The molecule has 12 nitrogen and oxygen atoms in total. The number of ether oxygens (including phenoxy) is 1. The zero-order chi connectivity index (χ0) is 25.5. The summed E-state index contributed by atoms with van der Waals surface area (Å²) >= 11 is 0. The van der Waals surface area contributed by atoms with Crippen LogP contribution in [0.3, 0.4) is 0 Å². The summed E-state index contributed by atoms with van der Waals surface area (Å²) in [5, 5.41) is 6.20. The van der Waals surface area contributed by atoms with Gasteiger partial charge in [0.1, 0.15) is 12.0 Å². The minimum absolute atomic E-state index is 0.160. The molecule has 1 aliphatic carbocycles. The van der Waals surface area contributed by atoms with Gasteiger partial charge in [-0.1, -0.05) is 5.16 Å². The van der Waals surface area contributed by atoms with E-state index in [9.17, 15) is 9.59 Å². The van der Waals surface area contributed by atoms with E-state index in [2.05, 4.69) is 30.0 Å². The van der Waals surface area contributed by atoms with E-state index in [1.807, 2.05) is 18.2 Å². The van der Waals surface area contributed by atoms with Crippen molar-refractivity contribution in [1.29, 1.82) is 0 Å². The van der Waals surface area contributed by atoms with E-state index in [4.69, 9.17) is 14.2 Å². The van der Waals surface area contributed by atoms with E-state index in [1.165, 1.54) is 24.1 Å². The number of nitrogens with zero attached hydrogens (tertiary/aromatic N) is 7. The van der Waals surface area contributed by atoms with Gasteiger partial charge in [0.25, 0.3) is 11.5 Å². The molecule has 4 heterocycles. The smallest absolute Gasteiger partial charge is 0.296 e. The number of benzene rings is 1. The topological polar surface area (TPSA) is 143 Å². The lowest BCUT2D eigenvalue weighted by atomic mass is 9.92. The zero-order valence-electron chi connectivity index (χ0n) is 20.1. The van der Waals surface area contributed by atoms with Crippen molar-refractivity contribution in [3.63, 3.8) is 0 Å². The number of fused-ring (bicyclic) bond motifs is 1. The van der Waals surface area contributed by atoms with Crippen molar-refractivity contribution in [2.45, 2.75) is 25.3 Å². The zero-order valence-corrected chi connectivity index (χ0v) is 20.1. The summed E-state index contributed by atoms with van der Waals surface area (Å²) in [4.78, 5) is 44.6. The third kappa shape index (κ3) is 3.82. The Bertz CT molecular complexity index is 1670. The Balaban J connectivity index is 1.54. The Labute approximate surface area is 210 Å². The summed E-state index contributed by atoms with van der Waals surface area (Å²) in [6.07, 6.45) is 9.04. The van der Waals surface area contributed by atoms with Crippen LogP contribution in [-0.4, -0.2) is 47.2 Å². The Morgan fingerprint density at radius 3 is 2.65 bits per heavy atom. The molecule has 1 aromatic carbocycles. The van der Waals surface area contributed by atoms with E-state index < -0.39 is 11.5 Å². The van der Waals surface area contributed by atoms with Crippen LogP contribution in [0.4, 0.5) is 5.69 Å². The number of aromatic nitrogens is 7. The minimum Gasteiger partial charge on any atom is -0.489 e. The van der Waals surface area contributed by atoms with Crippen LogP contribution in [0.5, 0.6) is 5.75 Å². The standard InChI is InChI=1S/C25H22N8O4/c1-32-22(31-19(20(36-2)25(32)35)24(34)29-15-12-28-37-13-15)23-30-17-8-7-14(21-26-9-4-10-27-21)11-18(17)33(23)16-5-3-6-16/h4,7-13,16H,3,5-6H2,1-2H3,(H,29,34). The summed E-state index contributed by atoms with van der Waals surface area (Å²) in [6, 6.07) is 7.77. The minimum atomic E-state index is -0.631. The maximum atomic E-state index is 13.3. The summed E-state index contributed by atoms with van der Waals surface area (Å²) in [7, 11) is 2.91. The van der Waals surface area contributed by atoms with Gasteiger partial charge in [-0.05, 0) is 43.5 Å². The maximum Gasteiger partial charge on any atom is 0.296 e. The van der Waals surface area contributed by atoms with Gasteiger partial charge in [-0.3, -0.25) is 14.2 Å². The largest absolute Gasteiger partial charge is 0.489 e. The molecule has 5 aromatic rings. The van der Waals surface area contributed by atoms with Gasteiger partial charge >= 0.3 is 0 Å². The molecule has 37 heavy (non-hydrogen) atoms. The highest BCUT2D eigenvalue weighted by Gasteiger charge is 2.30. The quantitative estimate of drug-likeness (QED) is 0.373. The number of carbonyl (C=O) groups excluding carboxylic acids is 1. The Morgan fingerprint density at radius 1 is 1.16 bits per heavy atom. The van der Waals surface area contributed by atoms with Crippen LogP contribution >= 0.6 is 0 Å². The van der Waals surface area contributed by atoms with Crippen LogP contribution in [0.15, 0.2) is 58.4 Å². The van der Waals surface area contributed by atoms with E-state index in [1.54, 1.807) is 25.5 Å². The lowest BCUT2D eigenvalue weighted by Crippen LogP contribution is -2.28. The second-order valence-electron chi connectivity index (χ2n) is 8.71. The van der Waals surface area contributed by atoms with E-state index >= 15 is 0 Å². The molecule has 0 bridgehead atoms. The van der Waals surface area contributed by atoms with Crippen molar-refractivity contribution < 1.29 is 14.1 Å². The van der Waals surface area contributed by atoms with Gasteiger partial charge in [0.2, 0.25) is 5.75 Å². The first-order chi connectivity index (χ1) is 18.0. The van der Waals surface area contributed by atoms with Crippen molar-refractivity contribution in [3.8, 4) is 28.8 Å². The Hall–Kier alpha value is -4.87. The average Bonchev–Trinajstić information content (AvgIpc) is 3.53. The summed E-state index contributed by atoms with van der Waals surface area (Å²) in [6.45, 7) is 0. The molecular formula is C25H22N8O4. The highest BCUT2D eigenvalue weighted by Crippen LogP contribution is 2.39. The molecule has 186 valence electrons. The predicted molar refractivity (Wildman–Crippen MR) is 133 cm³/mol. The van der Waals surface area contributed by atoms with Crippen molar-refractivity contribution in [2.75, 3.05) is 12.4 Å². The lowest BCUT2D eigenvalue weighted by molar-refractivity contribution is 0.101. The lowest BCUT2D eigenvalue weighted by Gasteiger charge is -2.29. The van der Waals surface area contributed by atoms with Gasteiger partial charge in [-0.25, -0.2) is 19.9 Å². The molecule has 0 atom stereocenters. The van der Waals surface area contributed by atoms with Crippen LogP contribution in [-0.2, 0) is 7.05 Å². The van der Waals surface area contributed by atoms with Crippen LogP contribution in [0.2, 0.25) is 0 Å². The average molecular weight is 499 g/mol. The highest BCUT2D eigenvalue weighted by atomic mass is 16.5. The number of hydrogen-bond donors (Lipinski definition) is 1. The molecular weight excluding hydrogens is 476 g/mol. The van der Waals surface area contributed by atoms with Crippen molar-refractivity contribution >= 4 is 22.6 Å². The molecule has 1 amide bonds. The second kappa shape index (κ2) is 8.97. The fraction of sp³-hybridized carbons (Fsp3) is 0.240. The molecule has 12 heteroatoms. The van der Waals surface area contributed by atoms with Gasteiger partial charge in [0.05, 0.1) is 24.3 Å². The predicted octanol–water partition coefficient (Wildman–Crippen LogP) is 3.23. The van der Waals surface area contributed by atoms with Gasteiger partial charge < -0.3 is 19.1 Å². The molecule has 0 aliphatic heterocycles. The number of rotatable bonds is 6. The van der Waals surface area contributed by atoms with Crippen molar-refractivity contribution in [3.05, 3.63) is 65.2 Å². The van der Waals surface area contributed by atoms with Gasteiger partial charge in [0, 0.05) is 31.0 Å². The molecule has 1 N–H and O–H groups in total. The molecule has 6 rings (SSSR count). The first kappa shape index (κ1) is 22.6. The molecule has 0 spiro atoms. The first-order valence-electron chi connectivity index (χ1n) is 11.7. The normalized spacial score (nSPS) is 13.5. The number of amides is 1. The third-order valence-electron chi connectivity index (χ3n) is 6.51. The molecule has 0 saturated heterocycles. The van der Waals surface area contributed by atoms with Gasteiger partial charge in [0.15, 0.2) is 23.2 Å². The fourth-order valence-corrected chi connectivity index (χ4v) is 4.43. The van der Waals surface area contributed by atoms with Crippen molar-refractivity contribution in [1.82, 2.24) is 34.2 Å². The molecule has 1 aliphatic rings. The molecule has 4 aromatic heterocycles. The number of nitrogens with one attached hydrogen (secondary N) is 1. The maximum absolute atomic E-state index is 13.3. The van der Waals surface area contributed by atoms with Crippen LogP contribution in [0, 0.1) is 0 Å². The summed E-state index contributed by atoms with van der Waals surface area (Å²) in [5.74, 6) is 0.549.